The molecule has 0 saturated heterocycles. The largest absolute Gasteiger partial charge is 0.487 e. The lowest BCUT2D eigenvalue weighted by Crippen LogP contribution is -2.51. The molecule has 1 heterocycles. The number of nitrogens with one attached hydrogen (secondary N) is 1. The molecule has 9 heteroatoms. The van der Waals surface area contributed by atoms with Gasteiger partial charge in [0.05, 0.1) is 13.2 Å². The van der Waals surface area contributed by atoms with E-state index in [1.165, 1.54) is 10.4 Å². The highest BCUT2D eigenvalue weighted by atomic mass is 32.2. The van der Waals surface area contributed by atoms with E-state index in [0.29, 0.717) is 18.0 Å². The highest BCUT2D eigenvalue weighted by Gasteiger charge is 2.38. The highest BCUT2D eigenvalue weighted by molar-refractivity contribution is 7.89. The van der Waals surface area contributed by atoms with Gasteiger partial charge in [-0.25, -0.2) is 13.2 Å². The van der Waals surface area contributed by atoms with Gasteiger partial charge in [0.1, 0.15) is 16.7 Å². The zero-order chi connectivity index (χ0) is 24.2. The number of ether oxygens (including phenoxy) is 1. The van der Waals surface area contributed by atoms with Crippen LogP contribution in [0.3, 0.4) is 0 Å². The van der Waals surface area contributed by atoms with Gasteiger partial charge in [-0.2, -0.15) is 4.31 Å². The van der Waals surface area contributed by atoms with E-state index in [2.05, 4.69) is 17.2 Å². The predicted octanol–water partition coefficient (Wildman–Crippen LogP) is 2.27. The molecule has 2 amide bonds. The number of nitrogens with zero attached hydrogens (tertiary/aromatic N) is 2. The Kier molecular flexibility index (Phi) is 8.27. The van der Waals surface area contributed by atoms with Crippen molar-refractivity contribution >= 4 is 16.1 Å². The molecule has 0 bridgehead atoms. The zero-order valence-electron chi connectivity index (χ0n) is 19.9. The number of fused-ring (bicyclic) bond motifs is 1. The first-order valence-electron chi connectivity index (χ1n) is 11.6. The first-order chi connectivity index (χ1) is 15.7. The monoisotopic (exact) mass is 477 g/mol. The van der Waals surface area contributed by atoms with Crippen LogP contribution >= 0.6 is 0 Å². The SMILES string of the molecule is CCCNC(=O)N(C)C[C@H]1Oc2cc(C#CC3CC3)ccc2S(=O)(=O)N([C@@H](C)CO)C[C@@H]1C. The normalized spacial score (nSPS) is 23.1. The molecule has 3 atom stereocenters. The second-order valence-corrected chi connectivity index (χ2v) is 10.9. The number of likely N-dealkylation sites (N-methyl/N-ethyl adjacent to an activating group) is 1. The molecule has 8 nitrogen and oxygen atoms in total. The number of rotatable bonds is 6. The van der Waals surface area contributed by atoms with Crippen LogP contribution in [0.25, 0.3) is 0 Å². The first-order valence-corrected chi connectivity index (χ1v) is 13.0. The van der Waals surface area contributed by atoms with E-state index in [9.17, 15) is 18.3 Å². The van der Waals surface area contributed by atoms with E-state index in [-0.39, 0.29) is 42.3 Å². The Hall–Kier alpha value is -2.28. The Morgan fingerprint density at radius 1 is 1.39 bits per heavy atom. The van der Waals surface area contributed by atoms with Gasteiger partial charge in [-0.3, -0.25) is 0 Å². The minimum absolute atomic E-state index is 0.0507. The van der Waals surface area contributed by atoms with E-state index < -0.39 is 22.2 Å². The molecule has 1 saturated carbocycles. The Balaban J connectivity index is 1.97. The number of urea groups is 1. The molecule has 1 fully saturated rings. The average Bonchev–Trinajstić information content (AvgIpc) is 3.62. The zero-order valence-corrected chi connectivity index (χ0v) is 20.7. The summed E-state index contributed by atoms with van der Waals surface area (Å²) in [6, 6.07) is 4.10. The first kappa shape index (κ1) is 25.3. The highest BCUT2D eigenvalue weighted by Crippen LogP contribution is 2.34. The van der Waals surface area contributed by atoms with Crippen LogP contribution in [-0.4, -0.2) is 74.2 Å². The van der Waals surface area contributed by atoms with Gasteiger partial charge in [-0.05, 0) is 44.4 Å². The second kappa shape index (κ2) is 10.8. The van der Waals surface area contributed by atoms with E-state index >= 15 is 0 Å². The van der Waals surface area contributed by atoms with Crippen LogP contribution in [0, 0.1) is 23.7 Å². The lowest BCUT2D eigenvalue weighted by atomic mass is 10.0. The number of carbonyl (C=O) groups excluding carboxylic acids is 1. The molecule has 1 aromatic rings. The Morgan fingerprint density at radius 2 is 2.12 bits per heavy atom. The fourth-order valence-electron chi connectivity index (χ4n) is 3.65. The second-order valence-electron chi connectivity index (χ2n) is 9.06. The molecule has 33 heavy (non-hydrogen) atoms. The molecule has 2 N–H and O–H groups in total. The summed E-state index contributed by atoms with van der Waals surface area (Å²) in [5.74, 6) is 6.73. The topological polar surface area (TPSA) is 99.2 Å². The molecule has 0 unspecified atom stereocenters. The van der Waals surface area contributed by atoms with Gasteiger partial charge in [0.15, 0.2) is 0 Å². The molecular formula is C24H35N3O5S. The lowest BCUT2D eigenvalue weighted by molar-refractivity contribution is 0.0812. The van der Waals surface area contributed by atoms with E-state index in [1.54, 1.807) is 31.0 Å². The lowest BCUT2D eigenvalue weighted by Gasteiger charge is -2.37. The van der Waals surface area contributed by atoms with E-state index in [0.717, 1.165) is 19.3 Å². The minimum atomic E-state index is -3.90. The molecule has 0 spiro atoms. The van der Waals surface area contributed by atoms with Crippen molar-refractivity contribution in [3.63, 3.8) is 0 Å². The molecule has 1 aromatic carbocycles. The third-order valence-corrected chi connectivity index (χ3v) is 8.01. The molecule has 1 aliphatic heterocycles. The number of carbonyl (C=O) groups is 1. The van der Waals surface area contributed by atoms with Gasteiger partial charge in [-0.1, -0.05) is 25.7 Å². The van der Waals surface area contributed by atoms with Crippen molar-refractivity contribution in [3.8, 4) is 17.6 Å². The number of amides is 2. The Labute approximate surface area is 197 Å². The maximum Gasteiger partial charge on any atom is 0.317 e. The van der Waals surface area contributed by atoms with E-state index in [4.69, 9.17) is 4.74 Å². The van der Waals surface area contributed by atoms with Crippen molar-refractivity contribution in [2.75, 3.05) is 33.3 Å². The van der Waals surface area contributed by atoms with Crippen molar-refractivity contribution in [1.82, 2.24) is 14.5 Å². The molecule has 2 aliphatic rings. The number of hydrogen-bond acceptors (Lipinski definition) is 5. The molecule has 0 aromatic heterocycles. The van der Waals surface area contributed by atoms with Crippen molar-refractivity contribution in [2.45, 2.75) is 57.1 Å². The van der Waals surface area contributed by atoms with Crippen LogP contribution < -0.4 is 10.1 Å². The number of hydrogen-bond donors (Lipinski definition) is 2. The quantitative estimate of drug-likeness (QED) is 0.613. The number of aliphatic hydroxyl groups is 1. The van der Waals surface area contributed by atoms with Crippen LogP contribution in [0.5, 0.6) is 5.75 Å². The van der Waals surface area contributed by atoms with Gasteiger partial charge >= 0.3 is 6.03 Å². The van der Waals surface area contributed by atoms with Crippen LogP contribution in [0.15, 0.2) is 23.1 Å². The summed E-state index contributed by atoms with van der Waals surface area (Å²) in [7, 11) is -2.20. The average molecular weight is 478 g/mol. The summed E-state index contributed by atoms with van der Waals surface area (Å²) in [6.45, 7) is 6.31. The molecule has 182 valence electrons. The fourth-order valence-corrected chi connectivity index (χ4v) is 5.48. The number of sulfonamides is 1. The summed E-state index contributed by atoms with van der Waals surface area (Å²) in [5.41, 5.74) is 0.693. The summed E-state index contributed by atoms with van der Waals surface area (Å²) in [5, 5.41) is 12.6. The Morgan fingerprint density at radius 3 is 2.76 bits per heavy atom. The predicted molar refractivity (Wildman–Crippen MR) is 126 cm³/mol. The third-order valence-electron chi connectivity index (χ3n) is 5.99. The maximum absolute atomic E-state index is 13.5. The third kappa shape index (κ3) is 6.19. The van der Waals surface area contributed by atoms with Crippen LogP contribution in [0.1, 0.15) is 45.6 Å². The molecule has 0 radical (unpaired) electrons. The molecule has 3 rings (SSSR count). The van der Waals surface area contributed by atoms with Gasteiger partial charge in [0.2, 0.25) is 10.0 Å². The Bertz CT molecular complexity index is 1010. The molecular weight excluding hydrogens is 442 g/mol. The molecule has 1 aliphatic carbocycles. The van der Waals surface area contributed by atoms with Gasteiger partial charge in [0.25, 0.3) is 0 Å². The summed E-state index contributed by atoms with van der Waals surface area (Å²) >= 11 is 0. The van der Waals surface area contributed by atoms with Crippen molar-refractivity contribution < 1.29 is 23.1 Å². The summed E-state index contributed by atoms with van der Waals surface area (Å²) in [6.07, 6.45) is 2.59. The smallest absolute Gasteiger partial charge is 0.317 e. The number of benzene rings is 1. The van der Waals surface area contributed by atoms with Crippen molar-refractivity contribution in [1.29, 1.82) is 0 Å². The number of aliphatic hydroxyl groups excluding tert-OH is 1. The maximum atomic E-state index is 13.5. The van der Waals surface area contributed by atoms with Gasteiger partial charge in [0, 0.05) is 43.6 Å². The van der Waals surface area contributed by atoms with Crippen LogP contribution in [0.2, 0.25) is 0 Å². The van der Waals surface area contributed by atoms with Crippen molar-refractivity contribution in [2.24, 2.45) is 11.8 Å². The minimum Gasteiger partial charge on any atom is -0.487 e. The van der Waals surface area contributed by atoms with E-state index in [1.807, 2.05) is 13.8 Å². The van der Waals surface area contributed by atoms with Gasteiger partial charge in [-0.15, -0.1) is 0 Å². The standard InChI is InChI=1S/C24H35N3O5S/c1-5-12-25-24(29)26(4)15-22-17(2)14-27(18(3)16-28)33(30,31)23-11-10-20(13-21(23)32-22)9-8-19-6-7-19/h10-11,13,17-19,22,28H,5-7,12,14-16H2,1-4H3,(H,25,29)/t17-,18-,22+/m0/s1. The fraction of sp³-hybridized carbons (Fsp3) is 0.625. The van der Waals surface area contributed by atoms with Gasteiger partial charge < -0.3 is 20.1 Å². The summed E-state index contributed by atoms with van der Waals surface area (Å²) < 4.78 is 34.6. The van der Waals surface area contributed by atoms with Crippen LogP contribution in [-0.2, 0) is 10.0 Å². The summed E-state index contributed by atoms with van der Waals surface area (Å²) in [4.78, 5) is 14.0. The van der Waals surface area contributed by atoms with Crippen LogP contribution in [0.4, 0.5) is 4.79 Å². The van der Waals surface area contributed by atoms with Crippen molar-refractivity contribution in [3.05, 3.63) is 23.8 Å².